The smallest absolute Gasteiger partial charge is 0.183 e. The molecule has 0 aliphatic heterocycles. The van der Waals surface area contributed by atoms with Crippen LogP contribution in [0.1, 0.15) is 40.7 Å². The molecule has 3 heteroatoms. The highest BCUT2D eigenvalue weighted by molar-refractivity contribution is 6.04. The molecule has 94 valence electrons. The number of carbonyl (C=O) groups excluding carboxylic acids is 1. The molecule has 0 bridgehead atoms. The van der Waals surface area contributed by atoms with E-state index in [4.69, 9.17) is 4.74 Å². The summed E-state index contributed by atoms with van der Waals surface area (Å²) in [4.78, 5) is 12.5. The third-order valence-corrected chi connectivity index (χ3v) is 4.06. The van der Waals surface area contributed by atoms with Gasteiger partial charge in [-0.25, -0.2) is 0 Å². The van der Waals surface area contributed by atoms with Gasteiger partial charge >= 0.3 is 0 Å². The van der Waals surface area contributed by atoms with Crippen LogP contribution >= 0.6 is 0 Å². The second-order valence-corrected chi connectivity index (χ2v) is 4.94. The van der Waals surface area contributed by atoms with Crippen LogP contribution in [0.15, 0.2) is 12.1 Å². The molecule has 1 fully saturated rings. The Balaban J connectivity index is 2.44. The number of benzene rings is 1. The fraction of sp³-hybridized carbons (Fsp3) is 0.467. The van der Waals surface area contributed by atoms with Crippen molar-refractivity contribution in [3.63, 3.8) is 0 Å². The predicted octanol–water partition coefficient (Wildman–Crippen LogP) is 3.19. The van der Waals surface area contributed by atoms with Gasteiger partial charge in [0.15, 0.2) is 5.78 Å². The quantitative estimate of drug-likeness (QED) is 0.766. The van der Waals surface area contributed by atoms with Crippen LogP contribution < -0.4 is 4.74 Å². The molecule has 1 aliphatic carbocycles. The Morgan fingerprint density at radius 2 is 2.00 bits per heavy atom. The standard InChI is InChI=1S/C15H17NO2/c1-10-11(2)13(18-3)6-5-12(10)14(17)15(9-16)7-4-8-15/h5-6H,4,7-8H2,1-3H3. The van der Waals surface area contributed by atoms with E-state index in [0.29, 0.717) is 18.4 Å². The van der Waals surface area contributed by atoms with E-state index in [0.717, 1.165) is 23.3 Å². The van der Waals surface area contributed by atoms with Gasteiger partial charge in [0.25, 0.3) is 0 Å². The summed E-state index contributed by atoms with van der Waals surface area (Å²) in [6.45, 7) is 3.85. The normalized spacial score (nSPS) is 16.6. The summed E-state index contributed by atoms with van der Waals surface area (Å²) >= 11 is 0. The summed E-state index contributed by atoms with van der Waals surface area (Å²) in [6.07, 6.45) is 2.34. The fourth-order valence-corrected chi connectivity index (χ4v) is 2.44. The lowest BCUT2D eigenvalue weighted by atomic mass is 9.65. The van der Waals surface area contributed by atoms with Gasteiger partial charge in [-0.05, 0) is 56.4 Å². The summed E-state index contributed by atoms with van der Waals surface area (Å²) in [5.41, 5.74) is 1.78. The zero-order valence-corrected chi connectivity index (χ0v) is 11.0. The van der Waals surface area contributed by atoms with Gasteiger partial charge in [0.1, 0.15) is 11.2 Å². The lowest BCUT2D eigenvalue weighted by Crippen LogP contribution is -2.37. The van der Waals surface area contributed by atoms with E-state index in [1.807, 2.05) is 13.8 Å². The molecule has 2 rings (SSSR count). The Labute approximate surface area is 107 Å². The van der Waals surface area contributed by atoms with Gasteiger partial charge < -0.3 is 4.74 Å². The van der Waals surface area contributed by atoms with Crippen molar-refractivity contribution in [2.24, 2.45) is 5.41 Å². The van der Waals surface area contributed by atoms with Gasteiger partial charge in [0.05, 0.1) is 13.2 Å². The van der Waals surface area contributed by atoms with Crippen LogP contribution in [0.3, 0.4) is 0 Å². The Hall–Kier alpha value is -1.82. The fourth-order valence-electron chi connectivity index (χ4n) is 2.44. The van der Waals surface area contributed by atoms with Crippen molar-refractivity contribution in [3.8, 4) is 11.8 Å². The van der Waals surface area contributed by atoms with Gasteiger partial charge in [0, 0.05) is 5.56 Å². The Morgan fingerprint density at radius 3 is 2.44 bits per heavy atom. The summed E-state index contributed by atoms with van der Waals surface area (Å²) < 4.78 is 5.24. The van der Waals surface area contributed by atoms with Crippen molar-refractivity contribution in [1.82, 2.24) is 0 Å². The molecule has 0 radical (unpaired) electrons. The highest BCUT2D eigenvalue weighted by atomic mass is 16.5. The number of hydrogen-bond donors (Lipinski definition) is 0. The molecule has 0 amide bonds. The SMILES string of the molecule is COc1ccc(C(=O)C2(C#N)CCC2)c(C)c1C. The van der Waals surface area contributed by atoms with Gasteiger partial charge in [0.2, 0.25) is 0 Å². The zero-order valence-electron chi connectivity index (χ0n) is 11.0. The minimum absolute atomic E-state index is 0.0282. The first-order valence-electron chi connectivity index (χ1n) is 6.16. The maximum Gasteiger partial charge on any atom is 0.183 e. The number of ether oxygens (including phenoxy) is 1. The maximum atomic E-state index is 12.5. The number of hydrogen-bond acceptors (Lipinski definition) is 3. The van der Waals surface area contributed by atoms with E-state index in [-0.39, 0.29) is 5.78 Å². The molecule has 0 heterocycles. The molecule has 0 unspecified atom stereocenters. The molecular weight excluding hydrogens is 226 g/mol. The molecular formula is C15H17NO2. The molecule has 0 spiro atoms. The molecule has 0 atom stereocenters. The molecule has 0 aromatic heterocycles. The van der Waals surface area contributed by atoms with Crippen molar-refractivity contribution in [2.45, 2.75) is 33.1 Å². The molecule has 1 aliphatic rings. The first-order chi connectivity index (χ1) is 8.55. The number of ketones is 1. The number of methoxy groups -OCH3 is 1. The van der Waals surface area contributed by atoms with Crippen LogP contribution in [-0.4, -0.2) is 12.9 Å². The Kier molecular flexibility index (Phi) is 3.13. The third kappa shape index (κ3) is 1.69. The highest BCUT2D eigenvalue weighted by Crippen LogP contribution is 2.43. The van der Waals surface area contributed by atoms with Crippen molar-refractivity contribution in [2.75, 3.05) is 7.11 Å². The summed E-state index contributed by atoms with van der Waals surface area (Å²) in [6, 6.07) is 5.79. The largest absolute Gasteiger partial charge is 0.496 e. The summed E-state index contributed by atoms with van der Waals surface area (Å²) in [5.74, 6) is 0.753. The average Bonchev–Trinajstić information content (AvgIpc) is 2.31. The number of Topliss-reactive ketones (excluding diaryl/α,β-unsaturated/α-hetero) is 1. The highest BCUT2D eigenvalue weighted by Gasteiger charge is 2.45. The third-order valence-electron chi connectivity index (χ3n) is 4.06. The molecule has 18 heavy (non-hydrogen) atoms. The van der Waals surface area contributed by atoms with E-state index in [1.54, 1.807) is 19.2 Å². The van der Waals surface area contributed by atoms with Gasteiger partial charge in [-0.2, -0.15) is 5.26 Å². The maximum absolute atomic E-state index is 12.5. The monoisotopic (exact) mass is 243 g/mol. The van der Waals surface area contributed by atoms with Gasteiger partial charge in [-0.15, -0.1) is 0 Å². The summed E-state index contributed by atoms with van der Waals surface area (Å²) in [7, 11) is 1.62. The van der Waals surface area contributed by atoms with Crippen LogP contribution in [0.4, 0.5) is 0 Å². The predicted molar refractivity (Wildman–Crippen MR) is 68.7 cm³/mol. The first kappa shape index (κ1) is 12.6. The van der Waals surface area contributed by atoms with Crippen LogP contribution in [0.5, 0.6) is 5.75 Å². The second kappa shape index (κ2) is 4.45. The summed E-state index contributed by atoms with van der Waals surface area (Å²) in [5, 5.41) is 9.23. The number of rotatable bonds is 3. The lowest BCUT2D eigenvalue weighted by molar-refractivity contribution is 0.0747. The molecule has 3 nitrogen and oxygen atoms in total. The van der Waals surface area contributed by atoms with E-state index in [1.165, 1.54) is 0 Å². The number of nitriles is 1. The van der Waals surface area contributed by atoms with Crippen LogP contribution in [0.2, 0.25) is 0 Å². The van der Waals surface area contributed by atoms with E-state index >= 15 is 0 Å². The Morgan fingerprint density at radius 1 is 1.33 bits per heavy atom. The average molecular weight is 243 g/mol. The molecule has 1 aromatic rings. The first-order valence-corrected chi connectivity index (χ1v) is 6.16. The molecule has 1 aromatic carbocycles. The van der Waals surface area contributed by atoms with Crippen LogP contribution in [0.25, 0.3) is 0 Å². The molecule has 1 saturated carbocycles. The van der Waals surface area contributed by atoms with E-state index in [9.17, 15) is 10.1 Å². The minimum atomic E-state index is -0.772. The topological polar surface area (TPSA) is 50.1 Å². The van der Waals surface area contributed by atoms with Crippen LogP contribution in [-0.2, 0) is 0 Å². The van der Waals surface area contributed by atoms with Crippen molar-refractivity contribution in [3.05, 3.63) is 28.8 Å². The Bertz CT molecular complexity index is 536. The van der Waals surface area contributed by atoms with Crippen molar-refractivity contribution >= 4 is 5.78 Å². The van der Waals surface area contributed by atoms with E-state index in [2.05, 4.69) is 6.07 Å². The second-order valence-electron chi connectivity index (χ2n) is 4.94. The van der Waals surface area contributed by atoms with Crippen molar-refractivity contribution in [1.29, 1.82) is 5.26 Å². The number of carbonyl (C=O) groups is 1. The van der Waals surface area contributed by atoms with E-state index < -0.39 is 5.41 Å². The van der Waals surface area contributed by atoms with Gasteiger partial charge in [-0.3, -0.25) is 4.79 Å². The van der Waals surface area contributed by atoms with Crippen LogP contribution in [0, 0.1) is 30.6 Å². The molecule has 0 N–H and O–H groups in total. The zero-order chi connectivity index (χ0) is 13.3. The van der Waals surface area contributed by atoms with Crippen molar-refractivity contribution < 1.29 is 9.53 Å². The van der Waals surface area contributed by atoms with Gasteiger partial charge in [-0.1, -0.05) is 0 Å². The minimum Gasteiger partial charge on any atom is -0.496 e. The number of nitrogens with zero attached hydrogens (tertiary/aromatic N) is 1. The molecule has 0 saturated heterocycles. The lowest BCUT2D eigenvalue weighted by Gasteiger charge is -2.34.